The van der Waals surface area contributed by atoms with Crippen LogP contribution in [0.3, 0.4) is 0 Å². The number of aliphatic imine (C=N–C) groups is 1. The third-order valence-corrected chi connectivity index (χ3v) is 5.75. The Labute approximate surface area is 162 Å². The van der Waals surface area contributed by atoms with Crippen molar-refractivity contribution in [3.8, 4) is 0 Å². The summed E-state index contributed by atoms with van der Waals surface area (Å²) in [7, 11) is 0. The highest BCUT2D eigenvalue weighted by Gasteiger charge is 2.29. The number of anilines is 1. The Balaban J connectivity index is 1.59. The molecule has 1 atom stereocenters. The number of aromatic nitrogens is 1. The zero-order chi connectivity index (χ0) is 19.0. The molecule has 4 rings (SSSR count). The Morgan fingerprint density at radius 3 is 2.93 bits per heavy atom. The number of hydrogen-bond acceptors (Lipinski definition) is 4. The largest absolute Gasteiger partial charge is 0.379 e. The number of benzene rings is 2. The van der Waals surface area contributed by atoms with E-state index >= 15 is 0 Å². The van der Waals surface area contributed by atoms with Crippen LogP contribution in [0.25, 0.3) is 10.9 Å². The first-order chi connectivity index (χ1) is 12.9. The molecule has 1 aliphatic rings. The number of nitrogens with two attached hydrogens (primary N) is 1. The molecular formula is C21H22N4OS. The van der Waals surface area contributed by atoms with Crippen LogP contribution >= 0.6 is 11.8 Å². The van der Waals surface area contributed by atoms with Gasteiger partial charge in [0, 0.05) is 33.6 Å². The van der Waals surface area contributed by atoms with Crippen LogP contribution in [0.1, 0.15) is 35.0 Å². The van der Waals surface area contributed by atoms with Crippen LogP contribution in [0.15, 0.2) is 53.5 Å². The lowest BCUT2D eigenvalue weighted by atomic mass is 9.88. The van der Waals surface area contributed by atoms with E-state index in [1.54, 1.807) is 11.8 Å². The number of fused-ring (bicyclic) bond motifs is 1. The van der Waals surface area contributed by atoms with Gasteiger partial charge < -0.3 is 16.0 Å². The zero-order valence-corrected chi connectivity index (χ0v) is 16.2. The molecule has 138 valence electrons. The van der Waals surface area contributed by atoms with E-state index in [2.05, 4.69) is 28.3 Å². The second kappa shape index (κ2) is 6.78. The SMILES string of the molecule is Cc1cc2cc(NC(=O)c3cccc(C4(C)CCSC(N)=N4)c3)ccc2[nH]1. The minimum atomic E-state index is -0.382. The van der Waals surface area contributed by atoms with Crippen molar-refractivity contribution in [3.05, 3.63) is 65.4 Å². The van der Waals surface area contributed by atoms with Gasteiger partial charge >= 0.3 is 0 Å². The molecule has 0 saturated heterocycles. The van der Waals surface area contributed by atoms with Crippen molar-refractivity contribution in [1.82, 2.24) is 4.98 Å². The van der Waals surface area contributed by atoms with Crippen molar-refractivity contribution >= 4 is 39.4 Å². The number of carbonyl (C=O) groups is 1. The number of rotatable bonds is 3. The molecule has 27 heavy (non-hydrogen) atoms. The van der Waals surface area contributed by atoms with Gasteiger partial charge in [0.25, 0.3) is 5.91 Å². The normalized spacial score (nSPS) is 19.7. The molecule has 0 fully saturated rings. The van der Waals surface area contributed by atoms with Gasteiger partial charge in [0.2, 0.25) is 0 Å². The van der Waals surface area contributed by atoms with Gasteiger partial charge in [-0.2, -0.15) is 0 Å². The van der Waals surface area contributed by atoms with E-state index in [0.29, 0.717) is 10.7 Å². The molecular weight excluding hydrogens is 356 g/mol. The molecule has 0 bridgehead atoms. The van der Waals surface area contributed by atoms with Gasteiger partial charge in [-0.25, -0.2) is 0 Å². The molecule has 4 N–H and O–H groups in total. The molecule has 1 unspecified atom stereocenters. The molecule has 1 aromatic heterocycles. The minimum absolute atomic E-state index is 0.130. The monoisotopic (exact) mass is 378 g/mol. The number of aryl methyl sites for hydroxylation is 1. The van der Waals surface area contributed by atoms with Crippen molar-refractivity contribution in [1.29, 1.82) is 0 Å². The topological polar surface area (TPSA) is 83.3 Å². The summed E-state index contributed by atoms with van der Waals surface area (Å²) in [6, 6.07) is 15.6. The van der Waals surface area contributed by atoms with Crippen LogP contribution in [0.5, 0.6) is 0 Å². The average molecular weight is 379 g/mol. The first-order valence-corrected chi connectivity index (χ1v) is 9.91. The van der Waals surface area contributed by atoms with E-state index in [9.17, 15) is 4.79 Å². The number of H-pyrrole nitrogens is 1. The molecule has 0 aliphatic carbocycles. The lowest BCUT2D eigenvalue weighted by molar-refractivity contribution is 0.102. The fourth-order valence-corrected chi connectivity index (χ4v) is 4.42. The van der Waals surface area contributed by atoms with E-state index in [-0.39, 0.29) is 11.4 Å². The lowest BCUT2D eigenvalue weighted by Gasteiger charge is -2.30. The number of aromatic amines is 1. The number of hydrogen-bond donors (Lipinski definition) is 3. The maximum Gasteiger partial charge on any atom is 0.255 e. The van der Waals surface area contributed by atoms with Crippen LogP contribution < -0.4 is 11.1 Å². The Morgan fingerprint density at radius 2 is 2.11 bits per heavy atom. The van der Waals surface area contributed by atoms with Crippen molar-refractivity contribution in [2.24, 2.45) is 10.7 Å². The summed E-state index contributed by atoms with van der Waals surface area (Å²) in [4.78, 5) is 20.7. The van der Waals surface area contributed by atoms with Crippen LogP contribution in [0, 0.1) is 6.92 Å². The summed E-state index contributed by atoms with van der Waals surface area (Å²) in [5, 5.41) is 4.68. The van der Waals surface area contributed by atoms with Gasteiger partial charge in [-0.15, -0.1) is 0 Å². The van der Waals surface area contributed by atoms with Crippen molar-refractivity contribution in [2.45, 2.75) is 25.8 Å². The molecule has 0 radical (unpaired) electrons. The maximum absolute atomic E-state index is 12.8. The van der Waals surface area contributed by atoms with Crippen LogP contribution in [-0.2, 0) is 5.54 Å². The van der Waals surface area contributed by atoms with E-state index in [1.807, 2.05) is 49.4 Å². The fraction of sp³-hybridized carbons (Fsp3) is 0.238. The molecule has 0 spiro atoms. The van der Waals surface area contributed by atoms with Crippen molar-refractivity contribution in [3.63, 3.8) is 0 Å². The number of nitrogens with zero attached hydrogens (tertiary/aromatic N) is 1. The van der Waals surface area contributed by atoms with Gasteiger partial charge in [-0.05, 0) is 62.2 Å². The molecule has 1 aliphatic heterocycles. The van der Waals surface area contributed by atoms with Crippen LogP contribution in [0.4, 0.5) is 5.69 Å². The first kappa shape index (κ1) is 17.7. The van der Waals surface area contributed by atoms with Gasteiger partial charge in [0.05, 0.1) is 5.54 Å². The number of thioether (sulfide) groups is 1. The fourth-order valence-electron chi connectivity index (χ4n) is 3.45. The van der Waals surface area contributed by atoms with Gasteiger partial charge in [-0.3, -0.25) is 9.79 Å². The third kappa shape index (κ3) is 3.57. The summed E-state index contributed by atoms with van der Waals surface area (Å²) in [6.07, 6.45) is 0.896. The molecule has 5 nitrogen and oxygen atoms in total. The smallest absolute Gasteiger partial charge is 0.255 e. The Bertz CT molecular complexity index is 1060. The third-order valence-electron chi connectivity index (χ3n) is 4.96. The van der Waals surface area contributed by atoms with E-state index < -0.39 is 0 Å². The zero-order valence-electron chi connectivity index (χ0n) is 15.4. The van der Waals surface area contributed by atoms with Crippen molar-refractivity contribution in [2.75, 3.05) is 11.1 Å². The average Bonchev–Trinajstić information content (AvgIpc) is 3.01. The molecule has 6 heteroatoms. The standard InChI is InChI=1S/C21H22N4OS/c1-13-10-15-12-17(6-7-18(15)23-13)24-19(26)14-4-3-5-16(11-14)21(2)8-9-27-20(22)25-21/h3-7,10-12,23H,8-9H2,1-2H3,(H2,22,25)(H,24,26). The quantitative estimate of drug-likeness (QED) is 0.632. The molecule has 2 aromatic carbocycles. The molecule has 1 amide bonds. The highest BCUT2D eigenvalue weighted by atomic mass is 32.2. The Morgan fingerprint density at radius 1 is 1.26 bits per heavy atom. The molecule has 2 heterocycles. The number of amides is 1. The first-order valence-electron chi connectivity index (χ1n) is 8.92. The van der Waals surface area contributed by atoms with Crippen molar-refractivity contribution < 1.29 is 4.79 Å². The molecule has 3 aromatic rings. The second-order valence-corrected chi connectivity index (χ2v) is 8.23. The summed E-state index contributed by atoms with van der Waals surface area (Å²) >= 11 is 1.58. The summed E-state index contributed by atoms with van der Waals surface area (Å²) in [5.74, 6) is 0.799. The van der Waals surface area contributed by atoms with E-state index in [0.717, 1.165) is 40.0 Å². The number of carbonyl (C=O) groups excluding carboxylic acids is 1. The van der Waals surface area contributed by atoms with Crippen LogP contribution in [0.2, 0.25) is 0 Å². The summed E-state index contributed by atoms with van der Waals surface area (Å²) in [6.45, 7) is 4.09. The highest BCUT2D eigenvalue weighted by molar-refractivity contribution is 8.13. The summed E-state index contributed by atoms with van der Waals surface area (Å²) < 4.78 is 0. The van der Waals surface area contributed by atoms with E-state index in [4.69, 9.17) is 5.73 Å². The second-order valence-electron chi connectivity index (χ2n) is 7.11. The predicted octanol–water partition coefficient (Wildman–Crippen LogP) is 4.40. The Kier molecular flexibility index (Phi) is 4.44. The lowest BCUT2D eigenvalue weighted by Crippen LogP contribution is -2.29. The van der Waals surface area contributed by atoms with Gasteiger partial charge in [0.1, 0.15) is 0 Å². The van der Waals surface area contributed by atoms with E-state index in [1.165, 1.54) is 0 Å². The summed E-state index contributed by atoms with van der Waals surface area (Å²) in [5.41, 5.74) is 10.1. The minimum Gasteiger partial charge on any atom is -0.379 e. The number of nitrogens with one attached hydrogen (secondary N) is 2. The van der Waals surface area contributed by atoms with Crippen LogP contribution in [-0.4, -0.2) is 21.8 Å². The van der Waals surface area contributed by atoms with Gasteiger partial charge in [-0.1, -0.05) is 23.9 Å². The highest BCUT2D eigenvalue weighted by Crippen LogP contribution is 2.35. The number of amidine groups is 1. The predicted molar refractivity (Wildman–Crippen MR) is 113 cm³/mol. The Hall–Kier alpha value is -2.73. The van der Waals surface area contributed by atoms with Gasteiger partial charge in [0.15, 0.2) is 5.17 Å². The maximum atomic E-state index is 12.8. The molecule has 0 saturated carbocycles.